The van der Waals surface area contributed by atoms with Crippen LogP contribution in [-0.2, 0) is 11.3 Å². The molecule has 130 valence electrons. The lowest BCUT2D eigenvalue weighted by Gasteiger charge is -2.29. The lowest BCUT2D eigenvalue weighted by Crippen LogP contribution is -2.43. The van der Waals surface area contributed by atoms with Gasteiger partial charge < -0.3 is 4.90 Å². The van der Waals surface area contributed by atoms with E-state index in [1.807, 2.05) is 11.4 Å². The number of aromatic nitrogens is 3. The lowest BCUT2D eigenvalue weighted by molar-refractivity contribution is -0.133. The maximum atomic E-state index is 13.9. The number of amides is 1. The van der Waals surface area contributed by atoms with Crippen LogP contribution in [0.15, 0.2) is 30.2 Å². The number of hydrogen-bond donors (Lipinski definition) is 0. The number of carbonyl (C=O) groups is 1. The molecule has 3 heterocycles. The van der Waals surface area contributed by atoms with Crippen LogP contribution in [0.25, 0.3) is 0 Å². The summed E-state index contributed by atoms with van der Waals surface area (Å²) in [6.07, 6.45) is 2.59. The first-order valence-electron chi connectivity index (χ1n) is 8.04. The molecule has 0 radical (unpaired) electrons. The van der Waals surface area contributed by atoms with Crippen LogP contribution in [0.4, 0.5) is 4.39 Å². The fourth-order valence-corrected chi connectivity index (χ4v) is 3.89. The Morgan fingerprint density at radius 3 is 3.08 bits per heavy atom. The molecule has 6 nitrogen and oxygen atoms in total. The van der Waals surface area contributed by atoms with Gasteiger partial charge in [-0.1, -0.05) is 6.07 Å². The standard InChI is InChI=1S/C16H22FN5OS/c1-12(22-11-18-10-19-22)16(23)20(2)8-14-6-13(17)7-21(14)9-15-4-3-5-24-15/h3-5,10-14H,6-9H2,1-2H3/t12-,13-,14-/m0/s1. The van der Waals surface area contributed by atoms with Gasteiger partial charge in [-0.2, -0.15) is 5.10 Å². The van der Waals surface area contributed by atoms with Crippen LogP contribution in [0.2, 0.25) is 0 Å². The van der Waals surface area contributed by atoms with Crippen molar-refractivity contribution in [3.05, 3.63) is 35.0 Å². The Morgan fingerprint density at radius 2 is 2.42 bits per heavy atom. The predicted octanol–water partition coefficient (Wildman–Crippen LogP) is 1.97. The summed E-state index contributed by atoms with van der Waals surface area (Å²) in [6, 6.07) is 3.70. The first-order valence-corrected chi connectivity index (χ1v) is 8.92. The topological polar surface area (TPSA) is 54.3 Å². The molecule has 2 aromatic heterocycles. The third-order valence-electron chi connectivity index (χ3n) is 4.47. The van der Waals surface area contributed by atoms with E-state index in [9.17, 15) is 9.18 Å². The van der Waals surface area contributed by atoms with Crippen LogP contribution >= 0.6 is 11.3 Å². The van der Waals surface area contributed by atoms with Gasteiger partial charge >= 0.3 is 0 Å². The van der Waals surface area contributed by atoms with Gasteiger partial charge in [0.15, 0.2) is 0 Å². The Balaban J connectivity index is 1.61. The van der Waals surface area contributed by atoms with Crippen molar-refractivity contribution in [2.24, 2.45) is 0 Å². The smallest absolute Gasteiger partial charge is 0.247 e. The highest BCUT2D eigenvalue weighted by Gasteiger charge is 2.34. The van der Waals surface area contributed by atoms with Crippen LogP contribution in [-0.4, -0.2) is 62.8 Å². The lowest BCUT2D eigenvalue weighted by atomic mass is 10.2. The maximum Gasteiger partial charge on any atom is 0.247 e. The molecule has 1 saturated heterocycles. The van der Waals surface area contributed by atoms with Crippen molar-refractivity contribution in [2.45, 2.75) is 38.1 Å². The van der Waals surface area contributed by atoms with Gasteiger partial charge in [0.05, 0.1) is 0 Å². The molecule has 3 atom stereocenters. The van der Waals surface area contributed by atoms with Gasteiger partial charge in [-0.3, -0.25) is 9.69 Å². The zero-order chi connectivity index (χ0) is 17.1. The number of likely N-dealkylation sites (tertiary alicyclic amines) is 1. The summed E-state index contributed by atoms with van der Waals surface area (Å²) >= 11 is 1.68. The molecule has 0 aromatic carbocycles. The van der Waals surface area contributed by atoms with E-state index in [1.165, 1.54) is 22.2 Å². The molecular formula is C16H22FN5OS. The highest BCUT2D eigenvalue weighted by atomic mass is 32.1. The number of alkyl halides is 1. The van der Waals surface area contributed by atoms with E-state index in [0.717, 1.165) is 6.54 Å². The first kappa shape index (κ1) is 17.0. The van der Waals surface area contributed by atoms with Crippen LogP contribution in [0.5, 0.6) is 0 Å². The van der Waals surface area contributed by atoms with Crippen molar-refractivity contribution in [3.8, 4) is 0 Å². The molecular weight excluding hydrogens is 329 g/mol. The average Bonchev–Trinajstić information content (AvgIpc) is 3.29. The van der Waals surface area contributed by atoms with Crippen LogP contribution in [0.1, 0.15) is 24.3 Å². The SMILES string of the molecule is C[C@@H](C(=O)N(C)C[C@@H]1C[C@H](F)CN1Cc1cccs1)n1cncn1. The molecule has 3 rings (SSSR count). The third kappa shape index (κ3) is 3.81. The fraction of sp³-hybridized carbons (Fsp3) is 0.562. The fourth-order valence-electron chi connectivity index (χ4n) is 3.16. The summed E-state index contributed by atoms with van der Waals surface area (Å²) < 4.78 is 15.5. The zero-order valence-corrected chi connectivity index (χ0v) is 14.7. The number of rotatable bonds is 6. The Hall–Kier alpha value is -1.80. The van der Waals surface area contributed by atoms with Crippen LogP contribution in [0, 0.1) is 0 Å². The molecule has 2 aromatic rings. The van der Waals surface area contributed by atoms with Crippen molar-refractivity contribution >= 4 is 17.2 Å². The van der Waals surface area contributed by atoms with Crippen molar-refractivity contribution in [3.63, 3.8) is 0 Å². The van der Waals surface area contributed by atoms with Crippen molar-refractivity contribution in [1.82, 2.24) is 24.6 Å². The quantitative estimate of drug-likeness (QED) is 0.798. The highest BCUT2D eigenvalue weighted by Crippen LogP contribution is 2.25. The first-order chi connectivity index (χ1) is 11.5. The van der Waals surface area contributed by atoms with Gasteiger partial charge in [0.2, 0.25) is 5.91 Å². The summed E-state index contributed by atoms with van der Waals surface area (Å²) in [5, 5.41) is 6.05. The maximum absolute atomic E-state index is 13.9. The molecule has 24 heavy (non-hydrogen) atoms. The summed E-state index contributed by atoms with van der Waals surface area (Å²) in [5.74, 6) is -0.0427. The Kier molecular flexibility index (Phi) is 5.25. The molecule has 8 heteroatoms. The number of likely N-dealkylation sites (N-methyl/N-ethyl adjacent to an activating group) is 1. The van der Waals surface area contributed by atoms with Crippen molar-refractivity contribution < 1.29 is 9.18 Å². The van der Waals surface area contributed by atoms with Crippen molar-refractivity contribution in [1.29, 1.82) is 0 Å². The van der Waals surface area contributed by atoms with E-state index in [-0.39, 0.29) is 11.9 Å². The summed E-state index contributed by atoms with van der Waals surface area (Å²) in [4.78, 5) is 21.5. The molecule has 0 saturated carbocycles. The third-order valence-corrected chi connectivity index (χ3v) is 5.33. The highest BCUT2D eigenvalue weighted by molar-refractivity contribution is 7.09. The van der Waals surface area contributed by atoms with E-state index in [2.05, 4.69) is 21.0 Å². The predicted molar refractivity (Wildman–Crippen MR) is 90.4 cm³/mol. The van der Waals surface area contributed by atoms with Gasteiger partial charge in [-0.05, 0) is 24.8 Å². The Labute approximate surface area is 144 Å². The normalized spacial score (nSPS) is 22.6. The van der Waals surface area contributed by atoms with E-state index >= 15 is 0 Å². The molecule has 1 fully saturated rings. The molecule has 0 bridgehead atoms. The number of halogens is 1. The second kappa shape index (κ2) is 7.40. The molecule has 0 aliphatic carbocycles. The van der Waals surface area contributed by atoms with Crippen molar-refractivity contribution in [2.75, 3.05) is 20.1 Å². The molecule has 1 amide bonds. The van der Waals surface area contributed by atoms with E-state index in [0.29, 0.717) is 19.5 Å². The molecule has 0 unspecified atom stereocenters. The minimum atomic E-state index is -0.828. The largest absolute Gasteiger partial charge is 0.342 e. The molecule has 0 spiro atoms. The molecule has 1 aliphatic rings. The van der Waals surface area contributed by atoms with Crippen LogP contribution in [0.3, 0.4) is 0 Å². The minimum Gasteiger partial charge on any atom is -0.342 e. The Bertz CT molecular complexity index is 647. The molecule has 0 N–H and O–H groups in total. The average molecular weight is 351 g/mol. The second-order valence-corrected chi connectivity index (χ2v) is 7.30. The number of hydrogen-bond acceptors (Lipinski definition) is 5. The van der Waals surface area contributed by atoms with E-state index < -0.39 is 12.2 Å². The van der Waals surface area contributed by atoms with E-state index in [1.54, 1.807) is 30.2 Å². The number of nitrogens with zero attached hydrogens (tertiary/aromatic N) is 5. The summed E-state index contributed by atoms with van der Waals surface area (Å²) in [5.41, 5.74) is 0. The summed E-state index contributed by atoms with van der Waals surface area (Å²) in [6.45, 7) is 3.49. The van der Waals surface area contributed by atoms with Gasteiger partial charge in [0.1, 0.15) is 24.9 Å². The summed E-state index contributed by atoms with van der Waals surface area (Å²) in [7, 11) is 1.77. The van der Waals surface area contributed by atoms with E-state index in [4.69, 9.17) is 0 Å². The zero-order valence-electron chi connectivity index (χ0n) is 13.9. The number of carbonyl (C=O) groups excluding carboxylic acids is 1. The number of thiophene rings is 1. The van der Waals surface area contributed by atoms with Gasteiger partial charge in [0, 0.05) is 37.6 Å². The van der Waals surface area contributed by atoms with Crippen LogP contribution < -0.4 is 0 Å². The van der Waals surface area contributed by atoms with Gasteiger partial charge in [0.25, 0.3) is 0 Å². The van der Waals surface area contributed by atoms with Gasteiger partial charge in [-0.15, -0.1) is 11.3 Å². The second-order valence-electron chi connectivity index (χ2n) is 6.27. The minimum absolute atomic E-state index is 0.0407. The monoisotopic (exact) mass is 351 g/mol. The molecule has 1 aliphatic heterocycles. The van der Waals surface area contributed by atoms with Gasteiger partial charge in [-0.25, -0.2) is 14.1 Å². The Morgan fingerprint density at radius 1 is 1.58 bits per heavy atom.